The molecule has 0 fully saturated rings. The minimum absolute atomic E-state index is 0.216. The number of carbonyl (C=O) groups is 1. The van der Waals surface area contributed by atoms with E-state index in [0.717, 1.165) is 16.8 Å². The highest BCUT2D eigenvalue weighted by Gasteiger charge is 2.15. The van der Waals surface area contributed by atoms with E-state index in [9.17, 15) is 13.6 Å². The van der Waals surface area contributed by atoms with Crippen LogP contribution in [0.3, 0.4) is 0 Å². The van der Waals surface area contributed by atoms with Gasteiger partial charge in [-0.15, -0.1) is 0 Å². The normalized spacial score (nSPS) is 10.6. The van der Waals surface area contributed by atoms with Crippen molar-refractivity contribution in [2.75, 3.05) is 5.32 Å². The van der Waals surface area contributed by atoms with Crippen LogP contribution in [-0.2, 0) is 11.2 Å². The predicted octanol–water partition coefficient (Wildman–Crippen LogP) is 4.82. The second-order valence-corrected chi connectivity index (χ2v) is 6.15. The Hall–Kier alpha value is -3.08. The van der Waals surface area contributed by atoms with Gasteiger partial charge in [-0.25, -0.2) is 8.78 Å². The van der Waals surface area contributed by atoms with Crippen molar-refractivity contribution in [2.45, 2.75) is 20.3 Å². The molecule has 0 atom stereocenters. The first-order valence-corrected chi connectivity index (χ1v) is 8.20. The average Bonchev–Trinajstić information content (AvgIpc) is 2.63. The highest BCUT2D eigenvalue weighted by molar-refractivity contribution is 5.92. The quantitative estimate of drug-likeness (QED) is 0.731. The van der Waals surface area contributed by atoms with Crippen molar-refractivity contribution in [3.8, 4) is 11.1 Å². The minimum atomic E-state index is -0.716. The van der Waals surface area contributed by atoms with E-state index in [1.807, 2.05) is 31.2 Å². The summed E-state index contributed by atoms with van der Waals surface area (Å²) in [6.45, 7) is 3.46. The molecular weight excluding hydrogens is 334 g/mol. The fraction of sp³-hybridized carbons (Fsp3) is 0.143. The maximum absolute atomic E-state index is 14.0. The zero-order valence-electron chi connectivity index (χ0n) is 14.5. The second kappa shape index (κ2) is 7.44. The number of amides is 1. The summed E-state index contributed by atoms with van der Waals surface area (Å²) in [6, 6.07) is 13.7. The van der Waals surface area contributed by atoms with Crippen LogP contribution in [0.15, 0.2) is 54.7 Å². The van der Waals surface area contributed by atoms with E-state index in [1.165, 1.54) is 19.1 Å². The molecule has 3 aromatic rings. The van der Waals surface area contributed by atoms with Crippen molar-refractivity contribution in [1.29, 1.82) is 0 Å². The van der Waals surface area contributed by atoms with Gasteiger partial charge in [0, 0.05) is 23.1 Å². The van der Waals surface area contributed by atoms with Crippen molar-refractivity contribution >= 4 is 11.6 Å². The highest BCUT2D eigenvalue weighted by atomic mass is 19.1. The number of hydrogen-bond donors (Lipinski definition) is 1. The molecule has 2 aromatic carbocycles. The van der Waals surface area contributed by atoms with Crippen LogP contribution in [0.25, 0.3) is 11.1 Å². The molecule has 0 spiro atoms. The second-order valence-electron chi connectivity index (χ2n) is 6.15. The van der Waals surface area contributed by atoms with Gasteiger partial charge in [0.25, 0.3) is 0 Å². The van der Waals surface area contributed by atoms with Crippen LogP contribution in [0.1, 0.15) is 16.8 Å². The minimum Gasteiger partial charge on any atom is -0.326 e. The zero-order valence-corrected chi connectivity index (χ0v) is 14.5. The van der Waals surface area contributed by atoms with E-state index in [-0.39, 0.29) is 12.0 Å². The fourth-order valence-electron chi connectivity index (χ4n) is 2.71. The Morgan fingerprint density at radius 1 is 1.00 bits per heavy atom. The molecule has 0 saturated heterocycles. The highest BCUT2D eigenvalue weighted by Crippen LogP contribution is 2.22. The van der Waals surface area contributed by atoms with Crippen molar-refractivity contribution in [1.82, 2.24) is 4.98 Å². The molecule has 1 amide bonds. The van der Waals surface area contributed by atoms with Crippen molar-refractivity contribution < 1.29 is 13.6 Å². The number of rotatable bonds is 4. The molecule has 0 aliphatic rings. The first-order valence-electron chi connectivity index (χ1n) is 8.20. The van der Waals surface area contributed by atoms with E-state index in [4.69, 9.17) is 0 Å². The third-order valence-corrected chi connectivity index (χ3v) is 4.12. The lowest BCUT2D eigenvalue weighted by Crippen LogP contribution is -2.16. The van der Waals surface area contributed by atoms with Gasteiger partial charge in [-0.2, -0.15) is 0 Å². The van der Waals surface area contributed by atoms with Gasteiger partial charge < -0.3 is 5.32 Å². The molecule has 5 heteroatoms. The lowest BCUT2D eigenvalue weighted by molar-refractivity contribution is -0.115. The summed E-state index contributed by atoms with van der Waals surface area (Å²) in [4.78, 5) is 16.3. The molecule has 0 bridgehead atoms. The van der Waals surface area contributed by atoms with Crippen LogP contribution in [0.5, 0.6) is 0 Å². The van der Waals surface area contributed by atoms with Crippen LogP contribution in [0.2, 0.25) is 0 Å². The summed E-state index contributed by atoms with van der Waals surface area (Å²) in [6.07, 6.45) is 1.38. The molecule has 0 unspecified atom stereocenters. The standard InChI is InChI=1S/C21H18F2N2O/c1-13-3-8-19(22)18(21(13)23)12-20(26)25-17-6-4-15(5-7-17)16-9-10-24-14(2)11-16/h3-11H,12H2,1-2H3,(H,25,26). The lowest BCUT2D eigenvalue weighted by atomic mass is 10.1. The van der Waals surface area contributed by atoms with Crippen molar-refractivity contribution in [3.05, 3.63) is 83.2 Å². The smallest absolute Gasteiger partial charge is 0.229 e. The molecule has 0 aliphatic carbocycles. The predicted molar refractivity (Wildman–Crippen MR) is 97.8 cm³/mol. The number of hydrogen-bond acceptors (Lipinski definition) is 2. The largest absolute Gasteiger partial charge is 0.326 e. The molecule has 1 N–H and O–H groups in total. The number of nitrogens with one attached hydrogen (secondary N) is 1. The molecule has 3 rings (SSSR count). The first kappa shape index (κ1) is 17.7. The summed E-state index contributed by atoms with van der Waals surface area (Å²) in [5, 5.41) is 2.67. The summed E-state index contributed by atoms with van der Waals surface area (Å²) in [7, 11) is 0. The van der Waals surface area contributed by atoms with E-state index in [1.54, 1.807) is 18.3 Å². The SMILES string of the molecule is Cc1cc(-c2ccc(NC(=O)Cc3c(F)ccc(C)c3F)cc2)ccn1. The number of nitrogens with zero attached hydrogens (tertiary/aromatic N) is 1. The number of benzene rings is 2. The van der Waals surface area contributed by atoms with Crippen LogP contribution < -0.4 is 5.32 Å². The molecular formula is C21H18F2N2O. The van der Waals surface area contributed by atoms with Crippen LogP contribution in [0.4, 0.5) is 14.5 Å². The Balaban J connectivity index is 1.72. The van der Waals surface area contributed by atoms with Gasteiger partial charge in [0.2, 0.25) is 5.91 Å². The number of aryl methyl sites for hydroxylation is 2. The monoisotopic (exact) mass is 352 g/mol. The number of anilines is 1. The molecule has 132 valence electrons. The van der Waals surface area contributed by atoms with Gasteiger partial charge in [0.15, 0.2) is 0 Å². The van der Waals surface area contributed by atoms with E-state index >= 15 is 0 Å². The Kier molecular flexibility index (Phi) is 5.07. The third kappa shape index (κ3) is 3.94. The maximum Gasteiger partial charge on any atom is 0.229 e. The zero-order chi connectivity index (χ0) is 18.7. The van der Waals surface area contributed by atoms with E-state index in [2.05, 4.69) is 10.3 Å². The molecule has 26 heavy (non-hydrogen) atoms. The topological polar surface area (TPSA) is 42.0 Å². The fourth-order valence-corrected chi connectivity index (χ4v) is 2.71. The number of pyridine rings is 1. The van der Waals surface area contributed by atoms with Crippen LogP contribution >= 0.6 is 0 Å². The van der Waals surface area contributed by atoms with E-state index in [0.29, 0.717) is 11.3 Å². The Bertz CT molecular complexity index is 953. The molecule has 0 radical (unpaired) electrons. The van der Waals surface area contributed by atoms with Crippen molar-refractivity contribution in [2.24, 2.45) is 0 Å². The van der Waals surface area contributed by atoms with Gasteiger partial charge in [-0.05, 0) is 60.9 Å². The van der Waals surface area contributed by atoms with Gasteiger partial charge in [-0.3, -0.25) is 9.78 Å². The molecule has 0 aliphatic heterocycles. The number of halogens is 2. The first-order chi connectivity index (χ1) is 12.4. The van der Waals surface area contributed by atoms with Gasteiger partial charge in [-0.1, -0.05) is 18.2 Å². The summed E-state index contributed by atoms with van der Waals surface area (Å²) < 4.78 is 27.8. The Morgan fingerprint density at radius 2 is 1.73 bits per heavy atom. The molecule has 1 aromatic heterocycles. The van der Waals surface area contributed by atoms with Gasteiger partial charge >= 0.3 is 0 Å². The van der Waals surface area contributed by atoms with Gasteiger partial charge in [0.05, 0.1) is 6.42 Å². The maximum atomic E-state index is 14.0. The lowest BCUT2D eigenvalue weighted by Gasteiger charge is -2.09. The van der Waals surface area contributed by atoms with Crippen LogP contribution in [0, 0.1) is 25.5 Å². The van der Waals surface area contributed by atoms with Crippen molar-refractivity contribution in [3.63, 3.8) is 0 Å². The average molecular weight is 352 g/mol. The third-order valence-electron chi connectivity index (χ3n) is 4.12. The Labute approximate surface area is 150 Å². The number of carbonyl (C=O) groups excluding carboxylic acids is 1. The number of aromatic nitrogens is 1. The van der Waals surface area contributed by atoms with Crippen LogP contribution in [-0.4, -0.2) is 10.9 Å². The summed E-state index contributed by atoms with van der Waals surface area (Å²) in [5.41, 5.74) is 3.60. The molecule has 1 heterocycles. The summed E-state index contributed by atoms with van der Waals surface area (Å²) >= 11 is 0. The van der Waals surface area contributed by atoms with Gasteiger partial charge in [0.1, 0.15) is 11.6 Å². The molecule has 3 nitrogen and oxygen atoms in total. The molecule has 0 saturated carbocycles. The Morgan fingerprint density at radius 3 is 2.42 bits per heavy atom. The van der Waals surface area contributed by atoms with E-state index < -0.39 is 17.5 Å². The summed E-state index contributed by atoms with van der Waals surface area (Å²) in [5.74, 6) is -1.86.